The number of rotatable bonds is 5. The lowest BCUT2D eigenvalue weighted by molar-refractivity contribution is 1.30. The Hall–Kier alpha value is -6.78. The second kappa shape index (κ2) is 12.9. The van der Waals surface area contributed by atoms with Gasteiger partial charge in [0.15, 0.2) is 0 Å². The highest BCUT2D eigenvalue weighted by atomic mass is 32.1. The first-order chi connectivity index (χ1) is 28.3. The molecule has 3 heteroatoms. The van der Waals surface area contributed by atoms with E-state index >= 15 is 0 Å². The summed E-state index contributed by atoms with van der Waals surface area (Å²) in [7, 11) is 0. The molecule has 0 atom stereocenters. The number of anilines is 3. The predicted octanol–water partition coefficient (Wildman–Crippen LogP) is 16.7. The highest BCUT2D eigenvalue weighted by Crippen LogP contribution is 2.48. The number of benzene rings is 10. The minimum absolute atomic E-state index is 1.12. The third kappa shape index (κ3) is 5.13. The Labute approximate surface area is 337 Å². The van der Waals surface area contributed by atoms with Gasteiger partial charge in [0.05, 0.1) is 5.69 Å². The van der Waals surface area contributed by atoms with Crippen LogP contribution in [0.1, 0.15) is 0 Å². The molecule has 12 aromatic rings. The highest BCUT2D eigenvalue weighted by Gasteiger charge is 2.21. The van der Waals surface area contributed by atoms with E-state index in [0.717, 1.165) is 11.4 Å². The van der Waals surface area contributed by atoms with Crippen molar-refractivity contribution in [2.75, 3.05) is 4.90 Å². The largest absolute Gasteiger partial charge is 0.310 e. The minimum atomic E-state index is 1.12. The summed E-state index contributed by atoms with van der Waals surface area (Å²) in [6, 6.07) is 73.9. The number of nitrogens with zero attached hydrogens (tertiary/aromatic N) is 1. The van der Waals surface area contributed by atoms with Crippen LogP contribution >= 0.6 is 22.7 Å². The van der Waals surface area contributed by atoms with Gasteiger partial charge in [-0.05, 0) is 97.7 Å². The van der Waals surface area contributed by atoms with Crippen LogP contribution in [-0.4, -0.2) is 0 Å². The van der Waals surface area contributed by atoms with Gasteiger partial charge in [0.25, 0.3) is 0 Å². The summed E-state index contributed by atoms with van der Waals surface area (Å²) >= 11 is 3.76. The van der Waals surface area contributed by atoms with Crippen molar-refractivity contribution >= 4 is 112 Å². The van der Waals surface area contributed by atoms with Crippen LogP contribution in [0.2, 0.25) is 0 Å². The van der Waals surface area contributed by atoms with Crippen molar-refractivity contribution in [2.45, 2.75) is 0 Å². The van der Waals surface area contributed by atoms with E-state index in [-0.39, 0.29) is 0 Å². The van der Waals surface area contributed by atoms with Crippen LogP contribution in [0, 0.1) is 0 Å². The van der Waals surface area contributed by atoms with Crippen LogP contribution < -0.4 is 4.90 Å². The second-order valence-corrected chi connectivity index (χ2v) is 17.0. The monoisotopic (exact) mass is 759 g/mol. The first kappa shape index (κ1) is 32.5. The third-order valence-electron chi connectivity index (χ3n) is 11.7. The Balaban J connectivity index is 1.05. The summed E-state index contributed by atoms with van der Waals surface area (Å²) in [6.45, 7) is 0. The fourth-order valence-electron chi connectivity index (χ4n) is 9.07. The Kier molecular flexibility index (Phi) is 7.34. The first-order valence-corrected chi connectivity index (χ1v) is 21.0. The molecule has 1 nitrogen and oxygen atoms in total. The normalized spacial score (nSPS) is 11.9. The van der Waals surface area contributed by atoms with Crippen molar-refractivity contribution in [1.29, 1.82) is 0 Å². The molecule has 0 fully saturated rings. The average Bonchev–Trinajstić information content (AvgIpc) is 3.85. The van der Waals surface area contributed by atoms with Gasteiger partial charge >= 0.3 is 0 Å². The van der Waals surface area contributed by atoms with Crippen LogP contribution in [0.5, 0.6) is 0 Å². The molecular weight excluding hydrogens is 727 g/mol. The summed E-state index contributed by atoms with van der Waals surface area (Å²) in [5.74, 6) is 0. The second-order valence-electron chi connectivity index (χ2n) is 14.8. The molecule has 12 rings (SSSR count). The maximum atomic E-state index is 2.45. The molecule has 0 saturated carbocycles. The van der Waals surface area contributed by atoms with Crippen LogP contribution in [0.4, 0.5) is 17.1 Å². The zero-order valence-corrected chi connectivity index (χ0v) is 32.4. The lowest BCUT2D eigenvalue weighted by atomic mass is 9.94. The molecule has 0 N–H and O–H groups in total. The van der Waals surface area contributed by atoms with Gasteiger partial charge in [0.1, 0.15) is 0 Å². The van der Waals surface area contributed by atoms with Gasteiger partial charge in [-0.3, -0.25) is 0 Å². The SMILES string of the molecule is c1ccc2c(-c3ccc(N(c4ccc(-c5cc6sc7ccccc7c6c6ccccc56)cc4)c4cc5sc6ccccc6c5c5ccccc45)cc3)cccc2c1. The van der Waals surface area contributed by atoms with Gasteiger partial charge in [-0.2, -0.15) is 0 Å². The molecule has 0 amide bonds. The van der Waals surface area contributed by atoms with Crippen molar-refractivity contribution in [2.24, 2.45) is 0 Å². The highest BCUT2D eigenvalue weighted by molar-refractivity contribution is 7.26. The molecule has 0 saturated heterocycles. The van der Waals surface area contributed by atoms with Crippen LogP contribution in [-0.2, 0) is 0 Å². The molecule has 0 aliphatic heterocycles. The van der Waals surface area contributed by atoms with Crippen molar-refractivity contribution in [1.82, 2.24) is 0 Å². The van der Waals surface area contributed by atoms with Crippen molar-refractivity contribution in [3.05, 3.63) is 200 Å². The van der Waals surface area contributed by atoms with E-state index in [9.17, 15) is 0 Å². The molecule has 0 bridgehead atoms. The topological polar surface area (TPSA) is 3.24 Å². The van der Waals surface area contributed by atoms with E-state index in [1.807, 2.05) is 22.7 Å². The summed E-state index contributed by atoms with van der Waals surface area (Å²) in [6.07, 6.45) is 0. The maximum Gasteiger partial charge on any atom is 0.0554 e. The minimum Gasteiger partial charge on any atom is -0.310 e. The molecule has 0 aliphatic rings. The van der Waals surface area contributed by atoms with Crippen molar-refractivity contribution < 1.29 is 0 Å². The lowest BCUT2D eigenvalue weighted by Gasteiger charge is -2.28. The molecule has 57 heavy (non-hydrogen) atoms. The number of hydrogen-bond acceptors (Lipinski definition) is 3. The average molecular weight is 760 g/mol. The van der Waals surface area contributed by atoms with Gasteiger partial charge < -0.3 is 4.90 Å². The Morgan fingerprint density at radius 2 is 0.754 bits per heavy atom. The fourth-order valence-corrected chi connectivity index (χ4v) is 11.4. The first-order valence-electron chi connectivity index (χ1n) is 19.4. The van der Waals surface area contributed by atoms with E-state index in [0.29, 0.717) is 0 Å². The Morgan fingerprint density at radius 1 is 0.298 bits per heavy atom. The van der Waals surface area contributed by atoms with Gasteiger partial charge in [-0.1, -0.05) is 152 Å². The molecule has 10 aromatic carbocycles. The molecule has 0 aliphatic carbocycles. The molecule has 266 valence electrons. The van der Waals surface area contributed by atoms with Crippen LogP contribution in [0.15, 0.2) is 200 Å². The summed E-state index contributed by atoms with van der Waals surface area (Å²) in [4.78, 5) is 2.45. The van der Waals surface area contributed by atoms with Crippen LogP contribution in [0.3, 0.4) is 0 Å². The standard InChI is InChI=1S/C54H33NS2/c1-2-14-39-34(12-1)13-11-21-40(39)35-24-28-37(29-25-35)55(48-33-52-54(44-18-6-4-16-42(44)48)46-20-8-10-23-50(46)57-52)38-30-26-36(27-31-38)47-32-51-53(43-17-5-3-15-41(43)47)45-19-7-9-22-49(45)56-51/h1-33H. The molecular formula is C54H33NS2. The van der Waals surface area contributed by atoms with E-state index in [1.54, 1.807) is 0 Å². The maximum absolute atomic E-state index is 2.45. The van der Waals surface area contributed by atoms with Crippen molar-refractivity contribution in [3.8, 4) is 22.3 Å². The van der Waals surface area contributed by atoms with E-state index in [1.165, 1.54) is 101 Å². The zero-order chi connectivity index (χ0) is 37.5. The molecule has 2 heterocycles. The molecule has 0 unspecified atom stereocenters. The summed E-state index contributed by atoms with van der Waals surface area (Å²) < 4.78 is 5.26. The summed E-state index contributed by atoms with van der Waals surface area (Å²) in [5, 5.41) is 13.0. The van der Waals surface area contributed by atoms with Gasteiger partial charge in [0, 0.05) is 57.1 Å². The summed E-state index contributed by atoms with van der Waals surface area (Å²) in [5.41, 5.74) is 8.34. The fraction of sp³-hybridized carbons (Fsp3) is 0. The quantitative estimate of drug-likeness (QED) is 0.169. The van der Waals surface area contributed by atoms with Crippen LogP contribution in [0.25, 0.3) is 94.9 Å². The van der Waals surface area contributed by atoms with E-state index < -0.39 is 0 Å². The van der Waals surface area contributed by atoms with Gasteiger partial charge in [0.2, 0.25) is 0 Å². The molecule has 0 spiro atoms. The number of hydrogen-bond donors (Lipinski definition) is 0. The number of thiophene rings is 2. The Bertz CT molecular complexity index is 3510. The third-order valence-corrected chi connectivity index (χ3v) is 13.9. The zero-order valence-electron chi connectivity index (χ0n) is 30.8. The van der Waals surface area contributed by atoms with Crippen molar-refractivity contribution in [3.63, 3.8) is 0 Å². The number of fused-ring (bicyclic) bond motifs is 11. The van der Waals surface area contributed by atoms with E-state index in [2.05, 4.69) is 205 Å². The predicted molar refractivity (Wildman–Crippen MR) is 250 cm³/mol. The molecule has 0 radical (unpaired) electrons. The molecule has 2 aromatic heterocycles. The van der Waals surface area contributed by atoms with E-state index in [4.69, 9.17) is 0 Å². The smallest absolute Gasteiger partial charge is 0.0554 e. The van der Waals surface area contributed by atoms with Gasteiger partial charge in [-0.15, -0.1) is 22.7 Å². The Morgan fingerprint density at radius 3 is 1.39 bits per heavy atom. The van der Waals surface area contributed by atoms with Gasteiger partial charge in [-0.25, -0.2) is 0 Å². The lowest BCUT2D eigenvalue weighted by Crippen LogP contribution is -2.10.